The van der Waals surface area contributed by atoms with Crippen LogP contribution in [0.5, 0.6) is 0 Å². The highest BCUT2D eigenvalue weighted by Crippen LogP contribution is 2.35. The summed E-state index contributed by atoms with van der Waals surface area (Å²) in [4.78, 5) is 13.5. The van der Waals surface area contributed by atoms with Gasteiger partial charge in [0.1, 0.15) is 0 Å². The molecule has 1 aromatic rings. The number of fused-ring (bicyclic) bond motifs is 1. The number of rotatable bonds is 2. The second kappa shape index (κ2) is 4.52. The Kier molecular flexibility index (Phi) is 2.86. The first-order valence-electron chi connectivity index (χ1n) is 6.63. The summed E-state index contributed by atoms with van der Waals surface area (Å²) in [5.74, 6) is -0.852. The number of carboxylic acid groups (broad SMARTS) is 1. The maximum absolute atomic E-state index is 11.1. The Morgan fingerprint density at radius 3 is 2.83 bits per heavy atom. The topological polar surface area (TPSA) is 52.6 Å². The third-order valence-corrected chi connectivity index (χ3v) is 3.99. The van der Waals surface area contributed by atoms with Gasteiger partial charge in [-0.2, -0.15) is 0 Å². The van der Waals surface area contributed by atoms with Crippen LogP contribution in [0.15, 0.2) is 18.2 Å². The molecule has 4 nitrogen and oxygen atoms in total. The molecule has 0 amide bonds. The first-order valence-corrected chi connectivity index (χ1v) is 6.63. The Hall–Kier alpha value is -1.71. The smallest absolute Gasteiger partial charge is 0.335 e. The molecule has 0 bridgehead atoms. The number of nitrogens with one attached hydrogen (secondary N) is 1. The van der Waals surface area contributed by atoms with Crippen LogP contribution >= 0.6 is 0 Å². The van der Waals surface area contributed by atoms with E-state index < -0.39 is 5.97 Å². The molecule has 18 heavy (non-hydrogen) atoms. The molecule has 4 heteroatoms. The fraction of sp³-hybridized carbons (Fsp3) is 0.500. The highest BCUT2D eigenvalue weighted by molar-refractivity contribution is 5.91. The number of nitrogens with zero attached hydrogens (tertiary/aromatic N) is 1. The average molecular weight is 246 g/mol. The van der Waals surface area contributed by atoms with Gasteiger partial charge in [0.05, 0.1) is 16.9 Å². The summed E-state index contributed by atoms with van der Waals surface area (Å²) in [7, 11) is 0. The summed E-state index contributed by atoms with van der Waals surface area (Å²) in [6.07, 6.45) is 5.05. The minimum Gasteiger partial charge on any atom is -0.478 e. The molecular formula is C14H18N2O2. The fourth-order valence-electron chi connectivity index (χ4n) is 3.08. The third kappa shape index (κ3) is 1.92. The van der Waals surface area contributed by atoms with Gasteiger partial charge in [-0.3, -0.25) is 0 Å². The minimum absolute atomic E-state index is 0.375. The van der Waals surface area contributed by atoms with Crippen LogP contribution in [0.2, 0.25) is 0 Å². The first-order chi connectivity index (χ1) is 8.75. The van der Waals surface area contributed by atoms with Gasteiger partial charge >= 0.3 is 5.97 Å². The van der Waals surface area contributed by atoms with Gasteiger partial charge in [-0.25, -0.2) is 4.79 Å². The molecule has 2 aliphatic rings. The molecular weight excluding hydrogens is 228 g/mol. The molecule has 3 rings (SSSR count). The summed E-state index contributed by atoms with van der Waals surface area (Å²) >= 11 is 0. The maximum Gasteiger partial charge on any atom is 0.335 e. The van der Waals surface area contributed by atoms with Crippen LogP contribution in [0.4, 0.5) is 11.4 Å². The van der Waals surface area contributed by atoms with Crippen molar-refractivity contribution in [3.05, 3.63) is 23.8 Å². The van der Waals surface area contributed by atoms with Gasteiger partial charge in [-0.15, -0.1) is 0 Å². The van der Waals surface area contributed by atoms with Crippen LogP contribution in [-0.2, 0) is 0 Å². The van der Waals surface area contributed by atoms with Crippen LogP contribution < -0.4 is 10.2 Å². The van der Waals surface area contributed by atoms with Crippen molar-refractivity contribution >= 4 is 17.3 Å². The van der Waals surface area contributed by atoms with E-state index in [1.54, 1.807) is 6.07 Å². The van der Waals surface area contributed by atoms with E-state index in [1.807, 2.05) is 12.1 Å². The van der Waals surface area contributed by atoms with Crippen molar-refractivity contribution in [2.45, 2.75) is 31.7 Å². The van der Waals surface area contributed by atoms with E-state index in [9.17, 15) is 4.79 Å². The number of aromatic carboxylic acids is 1. The predicted octanol–water partition coefficient (Wildman–Crippen LogP) is 2.56. The van der Waals surface area contributed by atoms with Crippen LogP contribution in [0, 0.1) is 0 Å². The minimum atomic E-state index is -0.852. The van der Waals surface area contributed by atoms with Gasteiger partial charge < -0.3 is 15.3 Å². The molecule has 0 atom stereocenters. The van der Waals surface area contributed by atoms with E-state index in [2.05, 4.69) is 10.2 Å². The molecule has 0 aromatic heterocycles. The van der Waals surface area contributed by atoms with E-state index in [4.69, 9.17) is 5.11 Å². The molecule has 1 heterocycles. The highest BCUT2D eigenvalue weighted by atomic mass is 16.4. The quantitative estimate of drug-likeness (QED) is 0.842. The van der Waals surface area contributed by atoms with Crippen LogP contribution in [0.1, 0.15) is 36.0 Å². The molecule has 96 valence electrons. The molecule has 1 fully saturated rings. The SMILES string of the molecule is O=C(O)c1ccc2c(c1)N(C1CCCC1)CCN2. The van der Waals surface area contributed by atoms with E-state index in [0.29, 0.717) is 11.6 Å². The van der Waals surface area contributed by atoms with Gasteiger partial charge in [0.15, 0.2) is 0 Å². The number of benzene rings is 1. The van der Waals surface area contributed by atoms with E-state index in [1.165, 1.54) is 25.7 Å². The summed E-state index contributed by atoms with van der Waals surface area (Å²) < 4.78 is 0. The van der Waals surface area contributed by atoms with Crippen molar-refractivity contribution < 1.29 is 9.90 Å². The second-order valence-corrected chi connectivity index (χ2v) is 5.10. The monoisotopic (exact) mass is 246 g/mol. The van der Waals surface area contributed by atoms with Gasteiger partial charge in [0.25, 0.3) is 0 Å². The predicted molar refractivity (Wildman–Crippen MR) is 71.5 cm³/mol. The Bertz CT molecular complexity index is 467. The number of hydrogen-bond acceptors (Lipinski definition) is 3. The van der Waals surface area contributed by atoms with E-state index in [-0.39, 0.29) is 0 Å². The van der Waals surface area contributed by atoms with Crippen molar-refractivity contribution in [1.82, 2.24) is 0 Å². The van der Waals surface area contributed by atoms with Crippen LogP contribution in [0.3, 0.4) is 0 Å². The molecule has 1 aliphatic carbocycles. The van der Waals surface area contributed by atoms with E-state index in [0.717, 1.165) is 24.5 Å². The number of anilines is 2. The molecule has 0 spiro atoms. The largest absolute Gasteiger partial charge is 0.478 e. The molecule has 2 N–H and O–H groups in total. The fourth-order valence-corrected chi connectivity index (χ4v) is 3.08. The zero-order valence-electron chi connectivity index (χ0n) is 10.4. The van der Waals surface area contributed by atoms with Gasteiger partial charge in [0, 0.05) is 19.1 Å². The van der Waals surface area contributed by atoms with Crippen LogP contribution in [-0.4, -0.2) is 30.2 Å². The maximum atomic E-state index is 11.1. The normalized spacial score (nSPS) is 19.4. The molecule has 0 saturated heterocycles. The van der Waals surface area contributed by atoms with Gasteiger partial charge in [-0.05, 0) is 31.0 Å². The zero-order chi connectivity index (χ0) is 12.5. The lowest BCUT2D eigenvalue weighted by molar-refractivity contribution is 0.0697. The second-order valence-electron chi connectivity index (χ2n) is 5.10. The number of carboxylic acids is 1. The van der Waals surface area contributed by atoms with Gasteiger partial charge in [0.2, 0.25) is 0 Å². The molecule has 1 aliphatic heterocycles. The number of hydrogen-bond donors (Lipinski definition) is 2. The summed E-state index contributed by atoms with van der Waals surface area (Å²) in [6.45, 7) is 1.91. The Morgan fingerprint density at radius 2 is 2.11 bits per heavy atom. The third-order valence-electron chi connectivity index (χ3n) is 3.99. The van der Waals surface area contributed by atoms with Crippen molar-refractivity contribution in [3.8, 4) is 0 Å². The standard InChI is InChI=1S/C14H18N2O2/c17-14(18)10-5-6-12-13(9-10)16(8-7-15-12)11-3-1-2-4-11/h5-6,9,11,15H,1-4,7-8H2,(H,17,18). The van der Waals surface area contributed by atoms with Crippen LogP contribution in [0.25, 0.3) is 0 Å². The molecule has 1 aromatic carbocycles. The summed E-state index contributed by atoms with van der Waals surface area (Å²) in [5.41, 5.74) is 2.51. The lowest BCUT2D eigenvalue weighted by Gasteiger charge is -2.36. The van der Waals surface area contributed by atoms with Crippen molar-refractivity contribution in [3.63, 3.8) is 0 Å². The molecule has 0 unspecified atom stereocenters. The summed E-state index contributed by atoms with van der Waals surface area (Å²) in [5, 5.41) is 12.4. The van der Waals surface area contributed by atoms with Gasteiger partial charge in [-0.1, -0.05) is 12.8 Å². The highest BCUT2D eigenvalue weighted by Gasteiger charge is 2.27. The average Bonchev–Trinajstić information content (AvgIpc) is 2.91. The van der Waals surface area contributed by atoms with Crippen molar-refractivity contribution in [2.24, 2.45) is 0 Å². The lowest BCUT2D eigenvalue weighted by atomic mass is 10.1. The Balaban J connectivity index is 1.96. The molecule has 1 saturated carbocycles. The zero-order valence-corrected chi connectivity index (χ0v) is 10.4. The summed E-state index contributed by atoms with van der Waals surface area (Å²) in [6, 6.07) is 5.96. The number of carbonyl (C=O) groups is 1. The lowest BCUT2D eigenvalue weighted by Crippen LogP contribution is -2.40. The molecule has 0 radical (unpaired) electrons. The Morgan fingerprint density at radius 1 is 1.33 bits per heavy atom. The Labute approximate surface area is 107 Å². The first kappa shape index (κ1) is 11.4. The van der Waals surface area contributed by atoms with Crippen molar-refractivity contribution in [1.29, 1.82) is 0 Å². The van der Waals surface area contributed by atoms with E-state index >= 15 is 0 Å². The van der Waals surface area contributed by atoms with Crippen molar-refractivity contribution in [2.75, 3.05) is 23.3 Å².